The van der Waals surface area contributed by atoms with Crippen molar-refractivity contribution in [3.8, 4) is 5.75 Å². The lowest BCUT2D eigenvalue weighted by atomic mass is 10.1. The van der Waals surface area contributed by atoms with E-state index in [1.54, 1.807) is 36.3 Å². The zero-order valence-corrected chi connectivity index (χ0v) is 15.0. The van der Waals surface area contributed by atoms with E-state index in [1.165, 1.54) is 0 Å². The highest BCUT2D eigenvalue weighted by Gasteiger charge is 2.13. The number of carbonyl (C=O) groups excluding carboxylic acids is 1. The summed E-state index contributed by atoms with van der Waals surface area (Å²) in [6, 6.07) is 9.33. The van der Waals surface area contributed by atoms with Gasteiger partial charge in [-0.05, 0) is 37.1 Å². The second kappa shape index (κ2) is 7.88. The van der Waals surface area contributed by atoms with Crippen LogP contribution in [0.2, 0.25) is 0 Å². The molecule has 0 aliphatic carbocycles. The van der Waals surface area contributed by atoms with Gasteiger partial charge in [0.05, 0.1) is 18.1 Å². The molecule has 3 aromatic rings. The summed E-state index contributed by atoms with van der Waals surface area (Å²) in [6.45, 7) is 4.56. The number of rotatable bonds is 7. The van der Waals surface area contributed by atoms with Crippen molar-refractivity contribution in [3.63, 3.8) is 0 Å². The smallest absolute Gasteiger partial charge is 0.291 e. The van der Waals surface area contributed by atoms with Crippen molar-refractivity contribution < 1.29 is 18.7 Å². The van der Waals surface area contributed by atoms with Gasteiger partial charge in [-0.1, -0.05) is 18.2 Å². The van der Waals surface area contributed by atoms with Gasteiger partial charge in [-0.25, -0.2) is 4.68 Å². The molecule has 7 nitrogen and oxygen atoms in total. The normalized spacial score (nSPS) is 10.7. The van der Waals surface area contributed by atoms with Crippen LogP contribution in [-0.2, 0) is 18.1 Å². The molecule has 0 aliphatic heterocycles. The fourth-order valence-electron chi connectivity index (χ4n) is 2.57. The molecule has 0 atom stereocenters. The summed E-state index contributed by atoms with van der Waals surface area (Å²) in [4.78, 5) is 12.3. The molecule has 2 aromatic heterocycles. The molecule has 26 heavy (non-hydrogen) atoms. The van der Waals surface area contributed by atoms with Crippen molar-refractivity contribution in [2.75, 3.05) is 12.4 Å². The van der Waals surface area contributed by atoms with Crippen molar-refractivity contribution in [1.82, 2.24) is 9.78 Å². The molecule has 1 aromatic carbocycles. The molecule has 0 fully saturated rings. The van der Waals surface area contributed by atoms with Gasteiger partial charge in [0, 0.05) is 7.11 Å². The molecule has 0 radical (unpaired) electrons. The quantitative estimate of drug-likeness (QED) is 0.701. The number of ether oxygens (including phenoxy) is 2. The summed E-state index contributed by atoms with van der Waals surface area (Å²) in [5.41, 5.74) is 2.68. The van der Waals surface area contributed by atoms with Crippen molar-refractivity contribution in [3.05, 3.63) is 65.4 Å². The third-order valence-electron chi connectivity index (χ3n) is 3.81. The lowest BCUT2D eigenvalue weighted by molar-refractivity contribution is 0.0992. The van der Waals surface area contributed by atoms with Gasteiger partial charge in [0.2, 0.25) is 0 Å². The third-order valence-corrected chi connectivity index (χ3v) is 3.81. The Bertz CT molecular complexity index is 878. The van der Waals surface area contributed by atoms with Gasteiger partial charge < -0.3 is 19.2 Å². The number of methoxy groups -OCH3 is 1. The van der Waals surface area contributed by atoms with Crippen LogP contribution in [0, 0.1) is 13.8 Å². The maximum absolute atomic E-state index is 12.3. The van der Waals surface area contributed by atoms with Crippen molar-refractivity contribution in [2.24, 2.45) is 0 Å². The topological polar surface area (TPSA) is 78.5 Å². The maximum Gasteiger partial charge on any atom is 0.291 e. The molecule has 1 N–H and O–H groups in total. The number of hydrogen-bond acceptors (Lipinski definition) is 5. The summed E-state index contributed by atoms with van der Waals surface area (Å²) in [7, 11) is 1.57. The van der Waals surface area contributed by atoms with E-state index >= 15 is 0 Å². The second-order valence-electron chi connectivity index (χ2n) is 5.92. The fraction of sp³-hybridized carbons (Fsp3) is 0.263. The molecule has 136 valence electrons. The standard InChI is InChI=1S/C19H21N3O4/c1-13-5-4-6-14(2)18(13)25-11-16-7-8-17(26-16)19(23)21-15-9-20-22(10-15)12-24-3/h4-10H,11-12H2,1-3H3,(H,21,23). The maximum atomic E-state index is 12.3. The second-order valence-corrected chi connectivity index (χ2v) is 5.92. The molecule has 1 amide bonds. The molecule has 0 saturated carbocycles. The number of benzene rings is 1. The van der Waals surface area contributed by atoms with Crippen LogP contribution in [0.1, 0.15) is 27.4 Å². The Morgan fingerprint density at radius 2 is 2.00 bits per heavy atom. The van der Waals surface area contributed by atoms with Gasteiger partial charge in [0.1, 0.15) is 24.8 Å². The van der Waals surface area contributed by atoms with Crippen molar-refractivity contribution in [2.45, 2.75) is 27.2 Å². The Hall–Kier alpha value is -3.06. The highest BCUT2D eigenvalue weighted by atomic mass is 16.5. The molecule has 7 heteroatoms. The van der Waals surface area contributed by atoms with Gasteiger partial charge in [-0.2, -0.15) is 5.10 Å². The first-order valence-corrected chi connectivity index (χ1v) is 8.17. The van der Waals surface area contributed by atoms with Crippen LogP contribution in [0.15, 0.2) is 47.1 Å². The minimum atomic E-state index is -0.347. The van der Waals surface area contributed by atoms with E-state index in [0.29, 0.717) is 18.2 Å². The van der Waals surface area contributed by atoms with E-state index in [1.807, 2.05) is 32.0 Å². The number of carbonyl (C=O) groups is 1. The number of para-hydroxylation sites is 1. The molecule has 2 heterocycles. The Morgan fingerprint density at radius 1 is 1.23 bits per heavy atom. The lowest BCUT2D eigenvalue weighted by Crippen LogP contribution is -2.10. The Balaban J connectivity index is 1.60. The van der Waals surface area contributed by atoms with Crippen molar-refractivity contribution in [1.29, 1.82) is 0 Å². The Kier molecular flexibility index (Phi) is 5.38. The zero-order valence-electron chi connectivity index (χ0n) is 15.0. The number of nitrogens with zero attached hydrogens (tertiary/aromatic N) is 2. The average Bonchev–Trinajstić information content (AvgIpc) is 3.24. The van der Waals surface area contributed by atoms with E-state index in [4.69, 9.17) is 13.9 Å². The van der Waals surface area contributed by atoms with Crippen molar-refractivity contribution >= 4 is 11.6 Å². The molecular weight excluding hydrogens is 334 g/mol. The van der Waals surface area contributed by atoms with E-state index in [2.05, 4.69) is 10.4 Å². The SMILES string of the molecule is COCn1cc(NC(=O)c2ccc(COc3c(C)cccc3C)o2)cn1. The number of aromatic nitrogens is 2. The van der Waals surface area contributed by atoms with Gasteiger partial charge in [0.15, 0.2) is 5.76 Å². The van der Waals surface area contributed by atoms with Crippen LogP contribution < -0.4 is 10.1 Å². The predicted molar refractivity (Wildman–Crippen MR) is 96.1 cm³/mol. The zero-order chi connectivity index (χ0) is 18.5. The van der Waals surface area contributed by atoms with E-state index in [9.17, 15) is 4.79 Å². The summed E-state index contributed by atoms with van der Waals surface area (Å²) in [5.74, 6) is 1.28. The number of hydrogen-bond donors (Lipinski definition) is 1. The molecule has 3 rings (SSSR count). The van der Waals surface area contributed by atoms with Crippen LogP contribution >= 0.6 is 0 Å². The summed E-state index contributed by atoms with van der Waals surface area (Å²) in [5, 5.41) is 6.79. The monoisotopic (exact) mass is 355 g/mol. The predicted octanol–water partition coefficient (Wildman–Crippen LogP) is 3.53. The van der Waals surface area contributed by atoms with Gasteiger partial charge in [-0.15, -0.1) is 0 Å². The molecule has 0 spiro atoms. The van der Waals surface area contributed by atoms with Crippen LogP contribution in [-0.4, -0.2) is 22.8 Å². The molecular formula is C19H21N3O4. The molecule has 0 unspecified atom stereocenters. The number of amides is 1. The minimum absolute atomic E-state index is 0.213. The summed E-state index contributed by atoms with van der Waals surface area (Å²) < 4.78 is 18.0. The number of aryl methyl sites for hydroxylation is 2. The minimum Gasteiger partial charge on any atom is -0.485 e. The van der Waals surface area contributed by atoms with Crippen LogP contribution in [0.25, 0.3) is 0 Å². The fourth-order valence-corrected chi connectivity index (χ4v) is 2.57. The first-order valence-electron chi connectivity index (χ1n) is 8.17. The first-order chi connectivity index (χ1) is 12.6. The largest absolute Gasteiger partial charge is 0.485 e. The molecule has 0 saturated heterocycles. The van der Waals surface area contributed by atoms with E-state index in [-0.39, 0.29) is 18.3 Å². The number of nitrogens with one attached hydrogen (secondary N) is 1. The molecule has 0 aliphatic rings. The Labute approximate surface area is 151 Å². The number of anilines is 1. The number of furan rings is 1. The summed E-state index contributed by atoms with van der Waals surface area (Å²) in [6.07, 6.45) is 3.22. The van der Waals surface area contributed by atoms with Crippen LogP contribution in [0.5, 0.6) is 5.75 Å². The van der Waals surface area contributed by atoms with Gasteiger partial charge >= 0.3 is 0 Å². The van der Waals surface area contributed by atoms with Crippen LogP contribution in [0.4, 0.5) is 5.69 Å². The van der Waals surface area contributed by atoms with Crippen LogP contribution in [0.3, 0.4) is 0 Å². The van der Waals surface area contributed by atoms with E-state index in [0.717, 1.165) is 16.9 Å². The summed E-state index contributed by atoms with van der Waals surface area (Å²) >= 11 is 0. The first kappa shape index (κ1) is 17.8. The highest BCUT2D eigenvalue weighted by Crippen LogP contribution is 2.24. The van der Waals surface area contributed by atoms with Gasteiger partial charge in [0.25, 0.3) is 5.91 Å². The van der Waals surface area contributed by atoms with E-state index < -0.39 is 0 Å². The molecule has 0 bridgehead atoms. The third kappa shape index (κ3) is 4.12. The van der Waals surface area contributed by atoms with Gasteiger partial charge in [-0.3, -0.25) is 4.79 Å². The highest BCUT2D eigenvalue weighted by molar-refractivity contribution is 6.02. The average molecular weight is 355 g/mol. The lowest BCUT2D eigenvalue weighted by Gasteiger charge is -2.10. The Morgan fingerprint density at radius 3 is 2.73 bits per heavy atom.